The number of rotatable bonds is 3. The van der Waals surface area contributed by atoms with Crippen molar-refractivity contribution in [1.82, 2.24) is 4.98 Å². The van der Waals surface area contributed by atoms with E-state index in [1.807, 2.05) is 18.4 Å². The van der Waals surface area contributed by atoms with Gasteiger partial charge in [0.05, 0.1) is 6.10 Å². The third-order valence-electron chi connectivity index (χ3n) is 1.99. The minimum absolute atomic E-state index is 0.306. The van der Waals surface area contributed by atoms with Crippen LogP contribution in [0.2, 0.25) is 0 Å². The summed E-state index contributed by atoms with van der Waals surface area (Å²) in [6.45, 7) is 0. The molecule has 1 aliphatic carbocycles. The van der Waals surface area contributed by atoms with Gasteiger partial charge in [-0.2, -0.15) is 5.26 Å². The molecule has 4 heteroatoms. The number of aromatic nitrogens is 1. The van der Waals surface area contributed by atoms with E-state index in [1.54, 1.807) is 18.0 Å². The number of hydrogen-bond donors (Lipinski definition) is 0. The van der Waals surface area contributed by atoms with Crippen LogP contribution in [0.4, 0.5) is 0 Å². The van der Waals surface area contributed by atoms with Gasteiger partial charge in [-0.3, -0.25) is 0 Å². The molecule has 0 N–H and O–H groups in total. The van der Waals surface area contributed by atoms with Crippen LogP contribution in [0.3, 0.4) is 0 Å². The molecule has 1 aromatic rings. The summed E-state index contributed by atoms with van der Waals surface area (Å²) in [5, 5.41) is 8.82. The quantitative estimate of drug-likeness (QED) is 0.711. The number of ether oxygens (including phenoxy) is 1. The fraction of sp³-hybridized carbons (Fsp3) is 0.400. The second kappa shape index (κ2) is 3.89. The van der Waals surface area contributed by atoms with Gasteiger partial charge in [0, 0.05) is 11.1 Å². The number of hydrogen-bond acceptors (Lipinski definition) is 4. The molecule has 14 heavy (non-hydrogen) atoms. The molecule has 1 saturated carbocycles. The normalized spacial score (nSPS) is 14.9. The second-order valence-electron chi connectivity index (χ2n) is 3.15. The van der Waals surface area contributed by atoms with Gasteiger partial charge in [-0.15, -0.1) is 11.8 Å². The predicted octanol–water partition coefficient (Wildman–Crippen LogP) is 2.22. The van der Waals surface area contributed by atoms with E-state index in [1.165, 1.54) is 0 Å². The van der Waals surface area contributed by atoms with E-state index in [9.17, 15) is 0 Å². The third-order valence-corrected chi connectivity index (χ3v) is 2.68. The van der Waals surface area contributed by atoms with E-state index < -0.39 is 0 Å². The maximum Gasteiger partial charge on any atom is 0.182 e. The van der Waals surface area contributed by atoms with E-state index in [-0.39, 0.29) is 0 Å². The van der Waals surface area contributed by atoms with Crippen LogP contribution in [0.15, 0.2) is 17.2 Å². The number of nitriles is 1. The monoisotopic (exact) mass is 206 g/mol. The smallest absolute Gasteiger partial charge is 0.182 e. The van der Waals surface area contributed by atoms with E-state index in [0.717, 1.165) is 17.7 Å². The van der Waals surface area contributed by atoms with Gasteiger partial charge in [-0.05, 0) is 25.2 Å². The predicted molar refractivity (Wildman–Crippen MR) is 54.4 cm³/mol. The average Bonchev–Trinajstić information content (AvgIpc) is 3.01. The van der Waals surface area contributed by atoms with Crippen molar-refractivity contribution in [3.8, 4) is 11.8 Å². The summed E-state index contributed by atoms with van der Waals surface area (Å²) >= 11 is 1.60. The van der Waals surface area contributed by atoms with Crippen LogP contribution < -0.4 is 4.74 Å². The largest absolute Gasteiger partial charge is 0.487 e. The third kappa shape index (κ3) is 1.99. The summed E-state index contributed by atoms with van der Waals surface area (Å²) in [6, 6.07) is 3.92. The van der Waals surface area contributed by atoms with Crippen molar-refractivity contribution < 1.29 is 4.74 Å². The summed E-state index contributed by atoms with van der Waals surface area (Å²) in [6.07, 6.45) is 6.16. The van der Waals surface area contributed by atoms with Gasteiger partial charge in [-0.1, -0.05) is 0 Å². The van der Waals surface area contributed by atoms with Gasteiger partial charge in [0.25, 0.3) is 0 Å². The zero-order chi connectivity index (χ0) is 9.97. The number of pyridine rings is 1. The molecule has 72 valence electrons. The van der Waals surface area contributed by atoms with Crippen LogP contribution in [0.1, 0.15) is 18.5 Å². The maximum absolute atomic E-state index is 8.82. The van der Waals surface area contributed by atoms with Crippen LogP contribution in [0.5, 0.6) is 5.75 Å². The molecule has 0 unspecified atom stereocenters. The van der Waals surface area contributed by atoms with Crippen LogP contribution in [-0.2, 0) is 0 Å². The Morgan fingerprint density at radius 3 is 3.00 bits per heavy atom. The zero-order valence-corrected chi connectivity index (χ0v) is 8.67. The Hall–Kier alpha value is -1.21. The Labute approximate surface area is 87.1 Å². The fourth-order valence-corrected chi connectivity index (χ4v) is 1.46. The van der Waals surface area contributed by atoms with E-state index in [2.05, 4.69) is 4.98 Å². The SMILES string of the molecule is CSc1cnc(C#N)c(OC2CC2)c1. The van der Waals surface area contributed by atoms with Crippen molar-refractivity contribution >= 4 is 11.8 Å². The maximum atomic E-state index is 8.82. The average molecular weight is 206 g/mol. The highest BCUT2D eigenvalue weighted by molar-refractivity contribution is 7.98. The Morgan fingerprint density at radius 1 is 1.64 bits per heavy atom. The Balaban J connectivity index is 2.27. The lowest BCUT2D eigenvalue weighted by Gasteiger charge is -2.06. The lowest BCUT2D eigenvalue weighted by atomic mass is 10.3. The highest BCUT2D eigenvalue weighted by atomic mass is 32.2. The fourth-order valence-electron chi connectivity index (χ4n) is 1.08. The van der Waals surface area contributed by atoms with Crippen molar-refractivity contribution in [1.29, 1.82) is 5.26 Å². The first-order valence-electron chi connectivity index (χ1n) is 4.44. The van der Waals surface area contributed by atoms with Gasteiger partial charge in [0.1, 0.15) is 6.07 Å². The van der Waals surface area contributed by atoms with Crippen LogP contribution in [0, 0.1) is 11.3 Å². The Bertz CT molecular complexity index is 382. The molecule has 0 radical (unpaired) electrons. The molecule has 1 heterocycles. The molecular weight excluding hydrogens is 196 g/mol. The lowest BCUT2D eigenvalue weighted by Crippen LogP contribution is -1.99. The Morgan fingerprint density at radius 2 is 2.43 bits per heavy atom. The van der Waals surface area contributed by atoms with E-state index >= 15 is 0 Å². The van der Waals surface area contributed by atoms with E-state index in [4.69, 9.17) is 10.00 Å². The highest BCUT2D eigenvalue weighted by Crippen LogP contribution is 2.30. The standard InChI is InChI=1S/C10H10N2OS/c1-14-8-4-10(13-7-2-3-7)9(5-11)12-6-8/h4,6-7H,2-3H2,1H3. The van der Waals surface area contributed by atoms with Gasteiger partial charge in [0.2, 0.25) is 0 Å². The highest BCUT2D eigenvalue weighted by Gasteiger charge is 2.25. The number of nitrogens with zero attached hydrogens (tertiary/aromatic N) is 2. The molecule has 0 bridgehead atoms. The van der Waals surface area contributed by atoms with Gasteiger partial charge < -0.3 is 4.74 Å². The minimum Gasteiger partial charge on any atom is -0.487 e. The molecule has 0 spiro atoms. The van der Waals surface area contributed by atoms with Crippen molar-refractivity contribution in [2.24, 2.45) is 0 Å². The lowest BCUT2D eigenvalue weighted by molar-refractivity contribution is 0.300. The molecule has 1 aliphatic rings. The topological polar surface area (TPSA) is 45.9 Å². The molecule has 0 saturated heterocycles. The van der Waals surface area contributed by atoms with Gasteiger partial charge in [-0.25, -0.2) is 4.98 Å². The molecule has 0 aromatic carbocycles. The van der Waals surface area contributed by atoms with Crippen molar-refractivity contribution in [3.63, 3.8) is 0 Å². The molecule has 3 nitrogen and oxygen atoms in total. The van der Waals surface area contributed by atoms with Crippen molar-refractivity contribution in [2.75, 3.05) is 6.26 Å². The van der Waals surface area contributed by atoms with Crippen molar-refractivity contribution in [3.05, 3.63) is 18.0 Å². The van der Waals surface area contributed by atoms with Crippen LogP contribution in [-0.4, -0.2) is 17.3 Å². The van der Waals surface area contributed by atoms with Gasteiger partial charge >= 0.3 is 0 Å². The summed E-state index contributed by atoms with van der Waals surface area (Å²) in [7, 11) is 0. The van der Waals surface area contributed by atoms with Crippen LogP contribution >= 0.6 is 11.8 Å². The summed E-state index contributed by atoms with van der Waals surface area (Å²) in [5.74, 6) is 0.627. The summed E-state index contributed by atoms with van der Waals surface area (Å²) in [4.78, 5) is 5.07. The molecule has 0 aliphatic heterocycles. The summed E-state index contributed by atoms with van der Waals surface area (Å²) in [5.41, 5.74) is 0.384. The van der Waals surface area contributed by atoms with Crippen molar-refractivity contribution in [2.45, 2.75) is 23.8 Å². The first-order valence-corrected chi connectivity index (χ1v) is 5.66. The first kappa shape index (κ1) is 9.35. The Kier molecular flexibility index (Phi) is 2.60. The number of thioether (sulfide) groups is 1. The first-order chi connectivity index (χ1) is 6.83. The van der Waals surface area contributed by atoms with Gasteiger partial charge in [0.15, 0.2) is 11.4 Å². The van der Waals surface area contributed by atoms with E-state index in [0.29, 0.717) is 17.5 Å². The second-order valence-corrected chi connectivity index (χ2v) is 4.03. The molecule has 1 fully saturated rings. The molecule has 0 atom stereocenters. The molecular formula is C10H10N2OS. The van der Waals surface area contributed by atoms with Crippen LogP contribution in [0.25, 0.3) is 0 Å². The minimum atomic E-state index is 0.306. The zero-order valence-electron chi connectivity index (χ0n) is 7.86. The summed E-state index contributed by atoms with van der Waals surface area (Å²) < 4.78 is 5.59. The molecule has 1 aromatic heterocycles. The molecule has 2 rings (SSSR count). The molecule has 0 amide bonds.